The van der Waals surface area contributed by atoms with E-state index in [4.69, 9.17) is 9.47 Å². The molecule has 5 nitrogen and oxygen atoms in total. The number of anilines is 1. The molecule has 0 saturated heterocycles. The molecule has 0 N–H and O–H groups in total. The molecule has 0 bridgehead atoms. The van der Waals surface area contributed by atoms with E-state index in [1.165, 1.54) is 0 Å². The third kappa shape index (κ3) is 3.37. The van der Waals surface area contributed by atoms with Crippen LogP contribution >= 0.6 is 0 Å². The Hall–Kier alpha value is -2.82. The number of fused-ring (bicyclic) bond motifs is 2. The van der Waals surface area contributed by atoms with Gasteiger partial charge in [0.15, 0.2) is 0 Å². The lowest BCUT2D eigenvalue weighted by Gasteiger charge is -2.35. The molecule has 0 saturated carbocycles. The van der Waals surface area contributed by atoms with Crippen LogP contribution in [0.25, 0.3) is 0 Å². The number of benzene rings is 2. The van der Waals surface area contributed by atoms with E-state index >= 15 is 0 Å². The molecule has 2 aromatic carbocycles. The molecule has 5 heteroatoms. The number of carbonyl (C=O) groups is 2. The second-order valence-electron chi connectivity index (χ2n) is 8.32. The molecule has 0 spiro atoms. The average molecular weight is 379 g/mol. The van der Waals surface area contributed by atoms with Crippen molar-refractivity contribution in [2.45, 2.75) is 44.6 Å². The quantitative estimate of drug-likeness (QED) is 0.740. The van der Waals surface area contributed by atoms with Crippen LogP contribution in [0.2, 0.25) is 0 Å². The Morgan fingerprint density at radius 3 is 2.43 bits per heavy atom. The summed E-state index contributed by atoms with van der Waals surface area (Å²) in [5, 5.41) is 0. The van der Waals surface area contributed by atoms with Crippen LogP contribution in [0.3, 0.4) is 0 Å². The fourth-order valence-electron chi connectivity index (χ4n) is 3.96. The number of esters is 1. The minimum atomic E-state index is -0.538. The van der Waals surface area contributed by atoms with Crippen molar-refractivity contribution in [3.8, 4) is 5.75 Å². The van der Waals surface area contributed by atoms with Gasteiger partial charge in [-0.3, -0.25) is 9.59 Å². The molecule has 2 aromatic rings. The molecule has 0 radical (unpaired) electrons. The van der Waals surface area contributed by atoms with Crippen molar-refractivity contribution in [1.29, 1.82) is 0 Å². The van der Waals surface area contributed by atoms with Gasteiger partial charge in [0.1, 0.15) is 23.9 Å². The van der Waals surface area contributed by atoms with E-state index < -0.39 is 5.60 Å². The van der Waals surface area contributed by atoms with Crippen molar-refractivity contribution < 1.29 is 19.1 Å². The highest BCUT2D eigenvalue weighted by Crippen LogP contribution is 2.40. The Morgan fingerprint density at radius 2 is 1.68 bits per heavy atom. The second-order valence-corrected chi connectivity index (χ2v) is 8.32. The predicted molar refractivity (Wildman–Crippen MR) is 107 cm³/mol. The molecule has 2 atom stereocenters. The molecule has 2 aliphatic rings. The number of hydrogen-bond donors (Lipinski definition) is 0. The van der Waals surface area contributed by atoms with Gasteiger partial charge in [-0.05, 0) is 44.9 Å². The number of para-hydroxylation sites is 2. The smallest absolute Gasteiger partial charge is 0.314 e. The van der Waals surface area contributed by atoms with E-state index in [1.807, 2.05) is 69.3 Å². The number of amides is 1. The molecule has 4 rings (SSSR count). The number of hydrogen-bond acceptors (Lipinski definition) is 4. The highest BCUT2D eigenvalue weighted by atomic mass is 16.6. The predicted octanol–water partition coefficient (Wildman–Crippen LogP) is 4.02. The molecule has 1 amide bonds. The summed E-state index contributed by atoms with van der Waals surface area (Å²) in [5.41, 5.74) is 2.03. The standard InChI is InChI=1S/C23H25NO4/c1-23(2,3)28-22(26)17-12-13-24(19-10-6-4-8-15(17)19)21(25)18-14-27-20-11-7-5-9-16(18)20/h4-11,17-18H,12-14H2,1-3H3. The molecule has 146 valence electrons. The molecule has 2 heterocycles. The Morgan fingerprint density at radius 1 is 1.00 bits per heavy atom. The molecule has 2 unspecified atom stereocenters. The summed E-state index contributed by atoms with van der Waals surface area (Å²) in [6.07, 6.45) is 0.549. The van der Waals surface area contributed by atoms with Gasteiger partial charge in [0, 0.05) is 17.8 Å². The second kappa shape index (κ2) is 6.97. The van der Waals surface area contributed by atoms with E-state index in [0.29, 0.717) is 19.6 Å². The number of nitrogens with zero attached hydrogens (tertiary/aromatic N) is 1. The first-order valence-electron chi connectivity index (χ1n) is 9.70. The van der Waals surface area contributed by atoms with Crippen LogP contribution in [-0.2, 0) is 14.3 Å². The van der Waals surface area contributed by atoms with Crippen LogP contribution in [0.5, 0.6) is 5.75 Å². The Labute approximate surface area is 165 Å². The Kier molecular flexibility index (Phi) is 4.61. The minimum Gasteiger partial charge on any atom is -0.492 e. The minimum absolute atomic E-state index is 0.0139. The number of rotatable bonds is 2. The lowest BCUT2D eigenvalue weighted by atomic mass is 9.88. The maximum absolute atomic E-state index is 13.4. The molecular weight excluding hydrogens is 354 g/mol. The number of carbonyl (C=O) groups excluding carboxylic acids is 2. The van der Waals surface area contributed by atoms with Crippen LogP contribution < -0.4 is 9.64 Å². The molecule has 28 heavy (non-hydrogen) atoms. The third-order valence-electron chi connectivity index (χ3n) is 5.20. The molecule has 0 aromatic heterocycles. The van der Waals surface area contributed by atoms with E-state index in [0.717, 1.165) is 22.6 Å². The Bertz CT molecular complexity index is 915. The summed E-state index contributed by atoms with van der Waals surface area (Å²) in [4.78, 5) is 27.9. The van der Waals surface area contributed by atoms with Gasteiger partial charge in [-0.2, -0.15) is 0 Å². The Balaban J connectivity index is 1.62. The van der Waals surface area contributed by atoms with Gasteiger partial charge >= 0.3 is 5.97 Å². The monoisotopic (exact) mass is 379 g/mol. The molecule has 0 aliphatic carbocycles. The summed E-state index contributed by atoms with van der Waals surface area (Å²) >= 11 is 0. The average Bonchev–Trinajstić information content (AvgIpc) is 3.09. The molecule has 0 fully saturated rings. The lowest BCUT2D eigenvalue weighted by molar-refractivity contribution is -0.157. The van der Waals surface area contributed by atoms with Crippen molar-refractivity contribution in [3.05, 3.63) is 59.7 Å². The van der Waals surface area contributed by atoms with Crippen LogP contribution in [0.1, 0.15) is 50.2 Å². The van der Waals surface area contributed by atoms with Gasteiger partial charge in [0.2, 0.25) is 5.91 Å². The number of ether oxygens (including phenoxy) is 2. The van der Waals surface area contributed by atoms with Crippen molar-refractivity contribution >= 4 is 17.6 Å². The van der Waals surface area contributed by atoms with Crippen molar-refractivity contribution in [1.82, 2.24) is 0 Å². The van der Waals surface area contributed by atoms with Crippen LogP contribution in [0, 0.1) is 0 Å². The third-order valence-corrected chi connectivity index (χ3v) is 5.20. The first kappa shape index (κ1) is 18.5. The first-order valence-corrected chi connectivity index (χ1v) is 9.70. The van der Waals surface area contributed by atoms with E-state index in [1.54, 1.807) is 4.90 Å². The normalized spacial score (nSPS) is 20.8. The largest absolute Gasteiger partial charge is 0.492 e. The van der Waals surface area contributed by atoms with Gasteiger partial charge in [-0.1, -0.05) is 36.4 Å². The van der Waals surface area contributed by atoms with Crippen molar-refractivity contribution in [2.24, 2.45) is 0 Å². The summed E-state index contributed by atoms with van der Waals surface area (Å²) in [6.45, 7) is 6.44. The van der Waals surface area contributed by atoms with Crippen LogP contribution in [0.4, 0.5) is 5.69 Å². The van der Waals surface area contributed by atoms with E-state index in [-0.39, 0.29) is 23.7 Å². The maximum atomic E-state index is 13.4. The maximum Gasteiger partial charge on any atom is 0.314 e. The highest BCUT2D eigenvalue weighted by molar-refractivity contribution is 6.01. The van der Waals surface area contributed by atoms with Gasteiger partial charge in [-0.15, -0.1) is 0 Å². The highest BCUT2D eigenvalue weighted by Gasteiger charge is 2.39. The zero-order valence-electron chi connectivity index (χ0n) is 16.5. The van der Waals surface area contributed by atoms with Crippen molar-refractivity contribution in [2.75, 3.05) is 18.1 Å². The first-order chi connectivity index (χ1) is 13.3. The fraction of sp³-hybridized carbons (Fsp3) is 0.391. The van der Waals surface area contributed by atoms with Crippen LogP contribution in [0.15, 0.2) is 48.5 Å². The fourth-order valence-corrected chi connectivity index (χ4v) is 3.96. The summed E-state index contributed by atoms with van der Waals surface area (Å²) in [7, 11) is 0. The zero-order chi connectivity index (χ0) is 19.9. The van der Waals surface area contributed by atoms with Crippen molar-refractivity contribution in [3.63, 3.8) is 0 Å². The SMILES string of the molecule is CC(C)(C)OC(=O)C1CCN(C(=O)C2COc3ccccc32)c2ccccc21. The topological polar surface area (TPSA) is 55.8 Å². The van der Waals surface area contributed by atoms with E-state index in [9.17, 15) is 9.59 Å². The summed E-state index contributed by atoms with van der Waals surface area (Å²) in [6, 6.07) is 15.3. The van der Waals surface area contributed by atoms with Crippen LogP contribution in [-0.4, -0.2) is 30.6 Å². The van der Waals surface area contributed by atoms with E-state index in [2.05, 4.69) is 0 Å². The van der Waals surface area contributed by atoms with Gasteiger partial charge in [0.25, 0.3) is 0 Å². The molecular formula is C23H25NO4. The van der Waals surface area contributed by atoms with Gasteiger partial charge in [0.05, 0.1) is 5.92 Å². The summed E-state index contributed by atoms with van der Waals surface area (Å²) in [5.74, 6) is -0.117. The summed E-state index contributed by atoms with van der Waals surface area (Å²) < 4.78 is 11.3. The zero-order valence-corrected chi connectivity index (χ0v) is 16.5. The molecule has 2 aliphatic heterocycles. The van der Waals surface area contributed by atoms with Gasteiger partial charge in [-0.25, -0.2) is 0 Å². The van der Waals surface area contributed by atoms with Gasteiger partial charge < -0.3 is 14.4 Å². The lowest BCUT2D eigenvalue weighted by Crippen LogP contribution is -2.42.